The summed E-state index contributed by atoms with van der Waals surface area (Å²) in [5.74, 6) is -0.271. The molecule has 19 heavy (non-hydrogen) atoms. The van der Waals surface area contributed by atoms with E-state index in [4.69, 9.17) is 19.8 Å². The van der Waals surface area contributed by atoms with Crippen LogP contribution in [0.25, 0.3) is 0 Å². The molecule has 1 rings (SSSR count). The number of methoxy groups -OCH3 is 1. The quantitative estimate of drug-likeness (QED) is 0.765. The Labute approximate surface area is 112 Å². The highest BCUT2D eigenvalue weighted by Crippen LogP contribution is 2.34. The van der Waals surface area contributed by atoms with Gasteiger partial charge in [-0.25, -0.2) is 4.79 Å². The molecule has 0 unspecified atom stereocenters. The van der Waals surface area contributed by atoms with Gasteiger partial charge in [0.25, 0.3) is 0 Å². The maximum absolute atomic E-state index is 11.1. The van der Waals surface area contributed by atoms with Gasteiger partial charge in [-0.3, -0.25) is 0 Å². The van der Waals surface area contributed by atoms with Crippen LogP contribution >= 0.6 is 0 Å². The number of nitriles is 1. The molecule has 0 aliphatic carbocycles. The van der Waals surface area contributed by atoms with E-state index in [2.05, 4.69) is 6.92 Å². The number of carboxylic acids is 1. The summed E-state index contributed by atoms with van der Waals surface area (Å²) < 4.78 is 10.8. The number of ether oxygens (including phenoxy) is 2. The van der Waals surface area contributed by atoms with Gasteiger partial charge in [0.15, 0.2) is 11.5 Å². The van der Waals surface area contributed by atoms with E-state index in [9.17, 15) is 4.79 Å². The van der Waals surface area contributed by atoms with Crippen LogP contribution in [-0.2, 0) is 6.42 Å². The monoisotopic (exact) mass is 263 g/mol. The molecule has 0 saturated heterocycles. The first-order chi connectivity index (χ1) is 9.15. The van der Waals surface area contributed by atoms with Crippen LogP contribution in [0.3, 0.4) is 0 Å². The van der Waals surface area contributed by atoms with Crippen molar-refractivity contribution in [3.63, 3.8) is 0 Å². The van der Waals surface area contributed by atoms with Crippen LogP contribution in [-0.4, -0.2) is 24.8 Å². The predicted molar refractivity (Wildman–Crippen MR) is 69.7 cm³/mol. The molecule has 0 saturated carbocycles. The normalized spacial score (nSPS) is 9.74. The first kappa shape index (κ1) is 14.8. The molecule has 1 aromatic carbocycles. The second-order valence-corrected chi connectivity index (χ2v) is 3.97. The molecular weight excluding hydrogens is 246 g/mol. The molecule has 5 heteroatoms. The second-order valence-electron chi connectivity index (χ2n) is 3.97. The van der Waals surface area contributed by atoms with Gasteiger partial charge in [-0.15, -0.1) is 0 Å². The van der Waals surface area contributed by atoms with Crippen LogP contribution in [0.5, 0.6) is 11.5 Å². The number of carbonyl (C=O) groups is 1. The van der Waals surface area contributed by atoms with Gasteiger partial charge < -0.3 is 14.6 Å². The summed E-state index contributed by atoms with van der Waals surface area (Å²) in [5.41, 5.74) is 0.424. The van der Waals surface area contributed by atoms with E-state index in [0.29, 0.717) is 23.7 Å². The van der Waals surface area contributed by atoms with Crippen molar-refractivity contribution in [3.8, 4) is 17.6 Å². The molecule has 0 aliphatic heterocycles. The van der Waals surface area contributed by atoms with Gasteiger partial charge >= 0.3 is 5.97 Å². The zero-order valence-corrected chi connectivity index (χ0v) is 11.1. The van der Waals surface area contributed by atoms with E-state index in [1.165, 1.54) is 13.2 Å². The first-order valence-electron chi connectivity index (χ1n) is 6.08. The third-order valence-corrected chi connectivity index (χ3v) is 2.67. The lowest BCUT2D eigenvalue weighted by Gasteiger charge is -2.15. The fourth-order valence-corrected chi connectivity index (χ4v) is 1.73. The van der Waals surface area contributed by atoms with Crippen molar-refractivity contribution in [3.05, 3.63) is 23.3 Å². The lowest BCUT2D eigenvalue weighted by atomic mass is 10.0. The van der Waals surface area contributed by atoms with Crippen LogP contribution < -0.4 is 9.47 Å². The van der Waals surface area contributed by atoms with Gasteiger partial charge in [0.2, 0.25) is 0 Å². The number of aromatic carboxylic acids is 1. The summed E-state index contributed by atoms with van der Waals surface area (Å²) in [4.78, 5) is 11.1. The van der Waals surface area contributed by atoms with Crippen molar-refractivity contribution in [1.29, 1.82) is 5.26 Å². The topological polar surface area (TPSA) is 79.5 Å². The molecule has 0 radical (unpaired) electrons. The number of nitrogens with zero attached hydrogens (tertiary/aromatic N) is 1. The average molecular weight is 263 g/mol. The van der Waals surface area contributed by atoms with Crippen LogP contribution in [0, 0.1) is 11.3 Å². The number of benzene rings is 1. The number of carboxylic acid groups (broad SMARTS) is 1. The summed E-state index contributed by atoms with van der Waals surface area (Å²) >= 11 is 0. The zero-order chi connectivity index (χ0) is 14.3. The van der Waals surface area contributed by atoms with Crippen LogP contribution in [0.2, 0.25) is 0 Å². The van der Waals surface area contributed by atoms with Gasteiger partial charge in [-0.2, -0.15) is 5.26 Å². The van der Waals surface area contributed by atoms with E-state index < -0.39 is 5.97 Å². The van der Waals surface area contributed by atoms with Crippen molar-refractivity contribution in [2.24, 2.45) is 0 Å². The fourth-order valence-electron chi connectivity index (χ4n) is 1.73. The Bertz CT molecular complexity index is 491. The van der Waals surface area contributed by atoms with Gasteiger partial charge in [0.1, 0.15) is 0 Å². The molecule has 0 spiro atoms. The molecule has 1 aromatic rings. The number of unbranched alkanes of at least 4 members (excludes halogenated alkanes) is 1. The van der Waals surface area contributed by atoms with Crippen molar-refractivity contribution in [2.75, 3.05) is 13.7 Å². The standard InChI is InChI=1S/C14H17NO4/c1-3-4-9-19-12-6-5-11(14(16)17)10(7-8-15)13(12)18-2/h5-6H,3-4,7,9H2,1-2H3,(H,16,17). The van der Waals surface area contributed by atoms with E-state index >= 15 is 0 Å². The lowest BCUT2D eigenvalue weighted by molar-refractivity contribution is 0.0695. The highest BCUT2D eigenvalue weighted by atomic mass is 16.5. The lowest BCUT2D eigenvalue weighted by Crippen LogP contribution is -2.07. The highest BCUT2D eigenvalue weighted by Gasteiger charge is 2.19. The van der Waals surface area contributed by atoms with E-state index in [0.717, 1.165) is 12.8 Å². The summed E-state index contributed by atoms with van der Waals surface area (Å²) in [6.45, 7) is 2.58. The Morgan fingerprint density at radius 3 is 2.74 bits per heavy atom. The zero-order valence-electron chi connectivity index (χ0n) is 11.1. The van der Waals surface area contributed by atoms with Crippen LogP contribution in [0.4, 0.5) is 0 Å². The van der Waals surface area contributed by atoms with Gasteiger partial charge in [0, 0.05) is 5.56 Å². The molecule has 0 heterocycles. The number of hydrogen-bond donors (Lipinski definition) is 1. The average Bonchev–Trinajstić information content (AvgIpc) is 2.39. The van der Waals surface area contributed by atoms with Crippen LogP contribution in [0.15, 0.2) is 12.1 Å². The number of hydrogen-bond acceptors (Lipinski definition) is 4. The Balaban J connectivity index is 3.17. The third kappa shape index (κ3) is 3.62. The smallest absolute Gasteiger partial charge is 0.336 e. The van der Waals surface area contributed by atoms with Gasteiger partial charge in [-0.1, -0.05) is 13.3 Å². The minimum absolute atomic E-state index is 0.0320. The molecule has 0 fully saturated rings. The molecule has 0 aliphatic rings. The summed E-state index contributed by atoms with van der Waals surface area (Å²) in [6, 6.07) is 4.96. The minimum Gasteiger partial charge on any atom is -0.493 e. The number of rotatable bonds is 7. The van der Waals surface area contributed by atoms with E-state index in [1.54, 1.807) is 6.07 Å². The van der Waals surface area contributed by atoms with Gasteiger partial charge in [-0.05, 0) is 18.6 Å². The molecule has 5 nitrogen and oxygen atoms in total. The van der Waals surface area contributed by atoms with Crippen LogP contribution in [0.1, 0.15) is 35.7 Å². The van der Waals surface area contributed by atoms with E-state index in [1.807, 2.05) is 6.07 Å². The Kier molecular flexibility index (Phi) is 5.68. The van der Waals surface area contributed by atoms with Crippen molar-refractivity contribution in [2.45, 2.75) is 26.2 Å². The molecule has 1 N–H and O–H groups in total. The maximum Gasteiger partial charge on any atom is 0.336 e. The highest BCUT2D eigenvalue weighted by molar-refractivity contribution is 5.91. The SMILES string of the molecule is CCCCOc1ccc(C(=O)O)c(CC#N)c1OC. The minimum atomic E-state index is -1.08. The maximum atomic E-state index is 11.1. The molecule has 0 bridgehead atoms. The summed E-state index contributed by atoms with van der Waals surface area (Å²) in [6.07, 6.45) is 1.87. The Morgan fingerprint density at radius 2 is 2.21 bits per heavy atom. The fraction of sp³-hybridized carbons (Fsp3) is 0.429. The predicted octanol–water partition coefficient (Wildman–Crippen LogP) is 2.64. The van der Waals surface area contributed by atoms with Crippen molar-refractivity contribution < 1.29 is 19.4 Å². The molecule has 0 amide bonds. The van der Waals surface area contributed by atoms with Gasteiger partial charge in [0.05, 0.1) is 31.8 Å². The molecule has 0 atom stereocenters. The summed E-state index contributed by atoms with van der Waals surface area (Å²) in [7, 11) is 1.44. The third-order valence-electron chi connectivity index (χ3n) is 2.67. The van der Waals surface area contributed by atoms with E-state index in [-0.39, 0.29) is 12.0 Å². The summed E-state index contributed by atoms with van der Waals surface area (Å²) in [5, 5.41) is 17.9. The molecular formula is C14H17NO4. The molecule has 0 aromatic heterocycles. The largest absolute Gasteiger partial charge is 0.493 e. The molecule has 102 valence electrons. The Hall–Kier alpha value is -2.22. The van der Waals surface area contributed by atoms with Crippen molar-refractivity contribution >= 4 is 5.97 Å². The first-order valence-corrected chi connectivity index (χ1v) is 6.08. The Morgan fingerprint density at radius 1 is 1.47 bits per heavy atom. The second kappa shape index (κ2) is 7.27. The van der Waals surface area contributed by atoms with Crippen molar-refractivity contribution in [1.82, 2.24) is 0 Å².